The van der Waals surface area contributed by atoms with Gasteiger partial charge in [-0.2, -0.15) is 0 Å². The van der Waals surface area contributed by atoms with Crippen LogP contribution < -0.4 is 4.90 Å². The summed E-state index contributed by atoms with van der Waals surface area (Å²) in [7, 11) is 0. The first-order valence-electron chi connectivity index (χ1n) is 7.52. The molecule has 0 aromatic heterocycles. The number of rotatable bonds is 4. The number of para-hydroxylation sites is 1. The third-order valence-electron chi connectivity index (χ3n) is 3.55. The zero-order valence-electron chi connectivity index (χ0n) is 12.6. The highest BCUT2D eigenvalue weighted by molar-refractivity contribution is 9.10. The van der Waals surface area contributed by atoms with Gasteiger partial charge in [0.1, 0.15) is 0 Å². The molecule has 1 aliphatic heterocycles. The van der Waals surface area contributed by atoms with E-state index in [4.69, 9.17) is 0 Å². The zero-order valence-corrected chi connectivity index (χ0v) is 15.0. The van der Waals surface area contributed by atoms with E-state index >= 15 is 0 Å². The number of aliphatic imine (C=N–C) groups is 1. The molecule has 0 amide bonds. The first kappa shape index (κ1) is 16.3. The highest BCUT2D eigenvalue weighted by Gasteiger charge is 2.20. The summed E-state index contributed by atoms with van der Waals surface area (Å²) < 4.78 is 0.973. The Balaban J connectivity index is 1.85. The molecule has 0 spiro atoms. The summed E-state index contributed by atoms with van der Waals surface area (Å²) in [5.41, 5.74) is 1.72. The number of carbonyl (C=O) groups is 1. The fraction of sp³-hybridized carbons (Fsp3) is 0.222. The van der Waals surface area contributed by atoms with E-state index in [2.05, 4.69) is 20.9 Å². The number of benzene rings is 2. The summed E-state index contributed by atoms with van der Waals surface area (Å²) in [6.45, 7) is 1.13. The van der Waals surface area contributed by atoms with Crippen molar-refractivity contribution >= 4 is 44.3 Å². The molecule has 2 aromatic rings. The quantitative estimate of drug-likeness (QED) is 0.715. The van der Waals surface area contributed by atoms with Gasteiger partial charge in [-0.05, 0) is 30.7 Å². The standard InChI is InChI=1S/C18H17BrN2OS/c19-15-9-7-14(8-10-15)17(22)13-21(16-5-2-1-3-6-16)18-20-11-4-12-23-18/h1-3,5-10H,4,11-13H2. The Labute approximate surface area is 148 Å². The van der Waals surface area contributed by atoms with Crippen LogP contribution in [0.1, 0.15) is 16.8 Å². The molecule has 0 radical (unpaired) electrons. The molecule has 1 aliphatic rings. The molecule has 0 N–H and O–H groups in total. The van der Waals surface area contributed by atoms with Crippen LogP contribution in [0.2, 0.25) is 0 Å². The molecule has 0 saturated carbocycles. The topological polar surface area (TPSA) is 32.7 Å². The van der Waals surface area contributed by atoms with Crippen molar-refractivity contribution in [1.82, 2.24) is 0 Å². The zero-order chi connectivity index (χ0) is 16.1. The van der Waals surface area contributed by atoms with Crippen molar-refractivity contribution in [3.63, 3.8) is 0 Å². The Bertz CT molecular complexity index is 701. The van der Waals surface area contributed by atoms with E-state index in [1.807, 2.05) is 59.5 Å². The van der Waals surface area contributed by atoms with Crippen LogP contribution in [0.15, 0.2) is 64.1 Å². The lowest BCUT2D eigenvalue weighted by atomic mass is 10.1. The minimum atomic E-state index is 0.0928. The molecule has 118 valence electrons. The van der Waals surface area contributed by atoms with Gasteiger partial charge in [0.25, 0.3) is 0 Å². The maximum absolute atomic E-state index is 12.7. The fourth-order valence-corrected chi connectivity index (χ4v) is 3.59. The van der Waals surface area contributed by atoms with Crippen LogP contribution in [0.5, 0.6) is 0 Å². The maximum atomic E-state index is 12.7. The van der Waals surface area contributed by atoms with E-state index in [1.165, 1.54) is 0 Å². The van der Waals surface area contributed by atoms with Crippen molar-refractivity contribution in [3.8, 4) is 0 Å². The van der Waals surface area contributed by atoms with E-state index in [9.17, 15) is 4.79 Å². The number of Topliss-reactive ketones (excluding diaryl/α,β-unsaturated/α-hetero) is 1. The second-order valence-electron chi connectivity index (χ2n) is 5.22. The number of carbonyl (C=O) groups excluding carboxylic acids is 1. The summed E-state index contributed by atoms with van der Waals surface area (Å²) in [4.78, 5) is 19.3. The molecule has 0 fully saturated rings. The van der Waals surface area contributed by atoms with Crippen LogP contribution in [-0.2, 0) is 0 Å². The largest absolute Gasteiger partial charge is 0.313 e. The predicted octanol–water partition coefficient (Wildman–Crippen LogP) is 4.63. The molecule has 0 atom stereocenters. The van der Waals surface area contributed by atoms with Gasteiger partial charge in [-0.1, -0.05) is 58.0 Å². The fourth-order valence-electron chi connectivity index (χ4n) is 2.36. The molecule has 0 aliphatic carbocycles. The van der Waals surface area contributed by atoms with Crippen LogP contribution in [0.3, 0.4) is 0 Å². The molecular formula is C18H17BrN2OS. The van der Waals surface area contributed by atoms with Crippen LogP contribution in [-0.4, -0.2) is 29.8 Å². The molecule has 23 heavy (non-hydrogen) atoms. The van der Waals surface area contributed by atoms with Crippen molar-refractivity contribution in [2.24, 2.45) is 4.99 Å². The lowest BCUT2D eigenvalue weighted by Crippen LogP contribution is -2.35. The molecule has 2 aromatic carbocycles. The smallest absolute Gasteiger partial charge is 0.182 e. The summed E-state index contributed by atoms with van der Waals surface area (Å²) in [6.07, 6.45) is 1.09. The van der Waals surface area contributed by atoms with Crippen LogP contribution in [0.4, 0.5) is 5.69 Å². The average Bonchev–Trinajstić information content (AvgIpc) is 2.61. The Kier molecular flexibility index (Phi) is 5.51. The average molecular weight is 389 g/mol. The monoisotopic (exact) mass is 388 g/mol. The van der Waals surface area contributed by atoms with Crippen molar-refractivity contribution in [2.45, 2.75) is 6.42 Å². The third kappa shape index (κ3) is 4.24. The van der Waals surface area contributed by atoms with E-state index in [0.29, 0.717) is 6.54 Å². The van der Waals surface area contributed by atoms with E-state index in [0.717, 1.165) is 39.6 Å². The second-order valence-corrected chi connectivity index (χ2v) is 7.20. The normalized spacial score (nSPS) is 14.2. The molecule has 3 nitrogen and oxygen atoms in total. The molecule has 0 bridgehead atoms. The van der Waals surface area contributed by atoms with E-state index in [-0.39, 0.29) is 5.78 Å². The molecule has 0 unspecified atom stereocenters. The summed E-state index contributed by atoms with van der Waals surface area (Å²) in [5, 5.41) is 0.938. The molecule has 0 saturated heterocycles. The van der Waals surface area contributed by atoms with E-state index in [1.54, 1.807) is 11.8 Å². The van der Waals surface area contributed by atoms with Gasteiger partial charge in [0, 0.05) is 28.0 Å². The Hall–Kier alpha value is -1.59. The number of halogens is 1. The summed E-state index contributed by atoms with van der Waals surface area (Å²) >= 11 is 5.12. The highest BCUT2D eigenvalue weighted by Crippen LogP contribution is 2.23. The van der Waals surface area contributed by atoms with Gasteiger partial charge in [-0.25, -0.2) is 0 Å². The second kappa shape index (κ2) is 7.79. The summed E-state index contributed by atoms with van der Waals surface area (Å²) in [5.74, 6) is 1.14. The molecular weight excluding hydrogens is 372 g/mol. The number of nitrogens with zero attached hydrogens (tertiary/aromatic N) is 2. The Morgan fingerprint density at radius 2 is 1.87 bits per heavy atom. The number of hydrogen-bond donors (Lipinski definition) is 0. The van der Waals surface area contributed by atoms with Crippen molar-refractivity contribution in [2.75, 3.05) is 23.7 Å². The third-order valence-corrected chi connectivity index (χ3v) is 5.18. The first-order chi connectivity index (χ1) is 11.2. The van der Waals surface area contributed by atoms with Gasteiger partial charge in [0.05, 0.1) is 6.54 Å². The Morgan fingerprint density at radius 3 is 2.52 bits per heavy atom. The van der Waals surface area contributed by atoms with Crippen molar-refractivity contribution in [1.29, 1.82) is 0 Å². The molecule has 3 rings (SSSR count). The number of amidine groups is 1. The van der Waals surface area contributed by atoms with Crippen molar-refractivity contribution < 1.29 is 4.79 Å². The maximum Gasteiger partial charge on any atom is 0.182 e. The highest BCUT2D eigenvalue weighted by atomic mass is 79.9. The van der Waals surface area contributed by atoms with Gasteiger partial charge in [-0.3, -0.25) is 9.79 Å². The lowest BCUT2D eigenvalue weighted by Gasteiger charge is -2.27. The molecule has 5 heteroatoms. The number of anilines is 1. The minimum absolute atomic E-state index is 0.0928. The lowest BCUT2D eigenvalue weighted by molar-refractivity contribution is 0.100. The van der Waals surface area contributed by atoms with Crippen molar-refractivity contribution in [3.05, 3.63) is 64.6 Å². The van der Waals surface area contributed by atoms with Crippen LogP contribution in [0, 0.1) is 0 Å². The number of thioether (sulfide) groups is 1. The van der Waals surface area contributed by atoms with Gasteiger partial charge < -0.3 is 4.90 Å². The molecule has 1 heterocycles. The van der Waals surface area contributed by atoms with E-state index < -0.39 is 0 Å². The first-order valence-corrected chi connectivity index (χ1v) is 9.30. The van der Waals surface area contributed by atoms with Crippen LogP contribution in [0.25, 0.3) is 0 Å². The summed E-state index contributed by atoms with van der Waals surface area (Å²) in [6, 6.07) is 17.5. The van der Waals surface area contributed by atoms with Crippen LogP contribution >= 0.6 is 27.7 Å². The van der Waals surface area contributed by atoms with Gasteiger partial charge in [0.15, 0.2) is 11.0 Å². The van der Waals surface area contributed by atoms with Gasteiger partial charge >= 0.3 is 0 Å². The van der Waals surface area contributed by atoms with Gasteiger partial charge in [-0.15, -0.1) is 0 Å². The van der Waals surface area contributed by atoms with Gasteiger partial charge in [0.2, 0.25) is 0 Å². The predicted molar refractivity (Wildman–Crippen MR) is 102 cm³/mol. The number of hydrogen-bond acceptors (Lipinski definition) is 4. The minimum Gasteiger partial charge on any atom is -0.313 e. The SMILES string of the molecule is O=C(CN(C1=NCCCS1)c1ccccc1)c1ccc(Br)cc1. The Morgan fingerprint density at radius 1 is 1.13 bits per heavy atom. The number of ketones is 1.